The van der Waals surface area contributed by atoms with Gasteiger partial charge in [-0.1, -0.05) is 31.2 Å². The molecule has 0 saturated heterocycles. The van der Waals surface area contributed by atoms with Crippen LogP contribution in [0, 0.1) is 5.82 Å². The number of halogens is 1. The van der Waals surface area contributed by atoms with Gasteiger partial charge >= 0.3 is 0 Å². The smallest absolute Gasteiger partial charge is 0.253 e. The van der Waals surface area contributed by atoms with Crippen LogP contribution in [0.5, 0.6) is 0 Å². The molecule has 0 fully saturated rings. The van der Waals surface area contributed by atoms with Crippen LogP contribution in [0.15, 0.2) is 48.5 Å². The molecule has 0 aliphatic carbocycles. The van der Waals surface area contributed by atoms with Gasteiger partial charge in [0.25, 0.3) is 5.91 Å². The SMILES string of the molecule is CCCNC(=O)c1ccccc1NC(=O)CSCc1ccc(F)cc1. The molecule has 0 radical (unpaired) electrons. The Labute approximate surface area is 151 Å². The number of hydrogen-bond donors (Lipinski definition) is 2. The van der Waals surface area contributed by atoms with Crippen LogP contribution < -0.4 is 10.6 Å². The van der Waals surface area contributed by atoms with E-state index >= 15 is 0 Å². The molecule has 0 heterocycles. The van der Waals surface area contributed by atoms with Gasteiger partial charge < -0.3 is 10.6 Å². The zero-order valence-electron chi connectivity index (χ0n) is 14.0. The van der Waals surface area contributed by atoms with E-state index < -0.39 is 0 Å². The van der Waals surface area contributed by atoms with Crippen LogP contribution in [0.2, 0.25) is 0 Å². The number of nitrogens with one attached hydrogen (secondary N) is 2. The number of hydrogen-bond acceptors (Lipinski definition) is 3. The van der Waals surface area contributed by atoms with Gasteiger partial charge in [0.1, 0.15) is 5.82 Å². The molecule has 0 aliphatic heterocycles. The molecule has 25 heavy (non-hydrogen) atoms. The van der Waals surface area contributed by atoms with Crippen molar-refractivity contribution < 1.29 is 14.0 Å². The molecule has 132 valence electrons. The molecule has 2 aromatic carbocycles. The van der Waals surface area contributed by atoms with Crippen molar-refractivity contribution >= 4 is 29.3 Å². The third-order valence-corrected chi connectivity index (χ3v) is 4.40. The van der Waals surface area contributed by atoms with Crippen molar-refractivity contribution in [3.8, 4) is 0 Å². The minimum atomic E-state index is -0.274. The lowest BCUT2D eigenvalue weighted by Crippen LogP contribution is -2.26. The number of amides is 2. The first-order valence-electron chi connectivity index (χ1n) is 8.09. The lowest BCUT2D eigenvalue weighted by Gasteiger charge is -2.11. The highest BCUT2D eigenvalue weighted by molar-refractivity contribution is 7.99. The minimum Gasteiger partial charge on any atom is -0.352 e. The Hall–Kier alpha value is -2.34. The summed E-state index contributed by atoms with van der Waals surface area (Å²) in [7, 11) is 0. The molecule has 0 aliphatic rings. The Bertz CT molecular complexity index is 720. The monoisotopic (exact) mass is 360 g/mol. The quantitative estimate of drug-likeness (QED) is 0.752. The van der Waals surface area contributed by atoms with Gasteiger partial charge in [0.05, 0.1) is 17.0 Å². The van der Waals surface area contributed by atoms with E-state index in [1.807, 2.05) is 6.92 Å². The lowest BCUT2D eigenvalue weighted by atomic mass is 10.1. The standard InChI is InChI=1S/C19H21FN2O2S/c1-2-11-21-19(24)16-5-3-4-6-17(16)22-18(23)13-25-12-14-7-9-15(20)10-8-14/h3-10H,2,11-13H2,1H3,(H,21,24)(H,22,23). The number of anilines is 1. The van der Waals surface area contributed by atoms with Crippen molar-refractivity contribution in [1.29, 1.82) is 0 Å². The molecular formula is C19H21FN2O2S. The van der Waals surface area contributed by atoms with Crippen molar-refractivity contribution in [1.82, 2.24) is 5.32 Å². The first-order valence-corrected chi connectivity index (χ1v) is 9.25. The summed E-state index contributed by atoms with van der Waals surface area (Å²) in [4.78, 5) is 24.3. The fraction of sp³-hybridized carbons (Fsp3) is 0.263. The first kappa shape index (κ1) is 19.0. The van der Waals surface area contributed by atoms with Crippen LogP contribution >= 0.6 is 11.8 Å². The van der Waals surface area contributed by atoms with E-state index in [0.29, 0.717) is 23.5 Å². The van der Waals surface area contributed by atoms with Gasteiger partial charge in [0.15, 0.2) is 0 Å². The van der Waals surface area contributed by atoms with Crippen LogP contribution in [0.1, 0.15) is 29.3 Å². The maximum absolute atomic E-state index is 12.9. The topological polar surface area (TPSA) is 58.2 Å². The van der Waals surface area contributed by atoms with Crippen LogP contribution in [0.4, 0.5) is 10.1 Å². The second-order valence-corrected chi connectivity index (χ2v) is 6.45. The number of para-hydroxylation sites is 1. The number of benzene rings is 2. The summed E-state index contributed by atoms with van der Waals surface area (Å²) in [5.41, 5.74) is 1.91. The molecule has 6 heteroatoms. The van der Waals surface area contributed by atoms with E-state index in [0.717, 1.165) is 12.0 Å². The summed E-state index contributed by atoms with van der Waals surface area (Å²) in [5, 5.41) is 5.59. The second-order valence-electron chi connectivity index (χ2n) is 5.47. The first-order chi connectivity index (χ1) is 12.1. The molecule has 4 nitrogen and oxygen atoms in total. The van der Waals surface area contributed by atoms with Gasteiger partial charge in [-0.2, -0.15) is 0 Å². The minimum absolute atomic E-state index is 0.178. The zero-order chi connectivity index (χ0) is 18.1. The van der Waals surface area contributed by atoms with Crippen molar-refractivity contribution in [2.45, 2.75) is 19.1 Å². The number of thioether (sulfide) groups is 1. The molecule has 0 bridgehead atoms. The van der Waals surface area contributed by atoms with Gasteiger partial charge in [0, 0.05) is 12.3 Å². The molecular weight excluding hydrogens is 339 g/mol. The van der Waals surface area contributed by atoms with Gasteiger partial charge in [0.2, 0.25) is 5.91 Å². The van der Waals surface area contributed by atoms with Gasteiger partial charge in [-0.05, 0) is 36.2 Å². The molecule has 2 aromatic rings. The summed E-state index contributed by atoms with van der Waals surface area (Å²) >= 11 is 1.43. The average Bonchev–Trinajstić information content (AvgIpc) is 2.62. The Morgan fingerprint density at radius 3 is 2.52 bits per heavy atom. The highest BCUT2D eigenvalue weighted by Crippen LogP contribution is 2.17. The van der Waals surface area contributed by atoms with Crippen molar-refractivity contribution in [3.05, 3.63) is 65.5 Å². The maximum atomic E-state index is 12.9. The molecule has 0 unspecified atom stereocenters. The van der Waals surface area contributed by atoms with E-state index in [2.05, 4.69) is 10.6 Å². The van der Waals surface area contributed by atoms with E-state index in [1.165, 1.54) is 23.9 Å². The Kier molecular flexibility index (Phi) is 7.47. The predicted octanol–water partition coefficient (Wildman–Crippen LogP) is 3.84. The zero-order valence-corrected chi connectivity index (χ0v) is 14.9. The van der Waals surface area contributed by atoms with E-state index in [-0.39, 0.29) is 23.4 Å². The van der Waals surface area contributed by atoms with Crippen LogP contribution in [-0.2, 0) is 10.5 Å². The number of carbonyl (C=O) groups is 2. The Morgan fingerprint density at radius 1 is 1.08 bits per heavy atom. The van der Waals surface area contributed by atoms with Crippen LogP contribution in [0.3, 0.4) is 0 Å². The molecule has 0 aromatic heterocycles. The second kappa shape index (κ2) is 9.84. The predicted molar refractivity (Wildman–Crippen MR) is 100 cm³/mol. The highest BCUT2D eigenvalue weighted by atomic mass is 32.2. The fourth-order valence-electron chi connectivity index (χ4n) is 2.15. The highest BCUT2D eigenvalue weighted by Gasteiger charge is 2.12. The molecule has 0 spiro atoms. The van der Waals surface area contributed by atoms with Crippen molar-refractivity contribution in [2.75, 3.05) is 17.6 Å². The Balaban J connectivity index is 1.87. The van der Waals surface area contributed by atoms with E-state index in [9.17, 15) is 14.0 Å². The van der Waals surface area contributed by atoms with E-state index in [4.69, 9.17) is 0 Å². The van der Waals surface area contributed by atoms with Crippen LogP contribution in [-0.4, -0.2) is 24.1 Å². The Morgan fingerprint density at radius 2 is 1.80 bits per heavy atom. The largest absolute Gasteiger partial charge is 0.352 e. The lowest BCUT2D eigenvalue weighted by molar-refractivity contribution is -0.113. The molecule has 2 amide bonds. The summed E-state index contributed by atoms with van der Waals surface area (Å²) in [6, 6.07) is 13.1. The summed E-state index contributed by atoms with van der Waals surface area (Å²) in [6.45, 7) is 2.57. The normalized spacial score (nSPS) is 10.3. The van der Waals surface area contributed by atoms with Gasteiger partial charge in [-0.15, -0.1) is 11.8 Å². The van der Waals surface area contributed by atoms with Crippen molar-refractivity contribution in [2.24, 2.45) is 0 Å². The average molecular weight is 360 g/mol. The fourth-order valence-corrected chi connectivity index (χ4v) is 2.94. The molecule has 2 rings (SSSR count). The summed E-state index contributed by atoms with van der Waals surface area (Å²) in [6.07, 6.45) is 0.848. The maximum Gasteiger partial charge on any atom is 0.253 e. The summed E-state index contributed by atoms with van der Waals surface area (Å²) < 4.78 is 12.9. The number of carbonyl (C=O) groups excluding carboxylic acids is 2. The van der Waals surface area contributed by atoms with Gasteiger partial charge in [-0.3, -0.25) is 9.59 Å². The van der Waals surface area contributed by atoms with Crippen molar-refractivity contribution in [3.63, 3.8) is 0 Å². The molecule has 0 saturated carbocycles. The number of rotatable bonds is 8. The van der Waals surface area contributed by atoms with E-state index in [1.54, 1.807) is 36.4 Å². The molecule has 0 atom stereocenters. The molecule has 2 N–H and O–H groups in total. The summed E-state index contributed by atoms with van der Waals surface area (Å²) in [5.74, 6) is 0.221. The van der Waals surface area contributed by atoms with Crippen LogP contribution in [0.25, 0.3) is 0 Å². The third kappa shape index (κ3) is 6.23. The van der Waals surface area contributed by atoms with Gasteiger partial charge in [-0.25, -0.2) is 4.39 Å². The third-order valence-electron chi connectivity index (χ3n) is 3.40.